The van der Waals surface area contributed by atoms with Gasteiger partial charge in [-0.2, -0.15) is 0 Å². The summed E-state index contributed by atoms with van der Waals surface area (Å²) in [7, 11) is 0. The van der Waals surface area contributed by atoms with Crippen molar-refractivity contribution in [1.82, 2.24) is 0 Å². The number of ether oxygens (including phenoxy) is 1. The molecule has 0 aliphatic heterocycles. The van der Waals surface area contributed by atoms with E-state index < -0.39 is 5.60 Å². The third kappa shape index (κ3) is 2.05. The Balaban J connectivity index is 2.09. The van der Waals surface area contributed by atoms with Crippen LogP contribution in [0.2, 0.25) is 0 Å². The normalized spacial score (nSPS) is 25.0. The highest BCUT2D eigenvalue weighted by Gasteiger charge is 2.52. The van der Waals surface area contributed by atoms with Gasteiger partial charge in [0.05, 0.1) is 17.6 Å². The van der Waals surface area contributed by atoms with E-state index in [4.69, 9.17) is 16.3 Å². The fraction of sp³-hybridized carbons (Fsp3) is 0.385. The van der Waals surface area contributed by atoms with Crippen LogP contribution in [0.4, 0.5) is 0 Å². The van der Waals surface area contributed by atoms with Crippen LogP contribution in [-0.2, 0) is 9.53 Å². The van der Waals surface area contributed by atoms with Crippen molar-refractivity contribution >= 4 is 17.5 Å². The van der Waals surface area contributed by atoms with Gasteiger partial charge in [-0.3, -0.25) is 0 Å². The lowest BCUT2D eigenvalue weighted by Crippen LogP contribution is -2.19. The van der Waals surface area contributed by atoms with Gasteiger partial charge in [-0.1, -0.05) is 30.3 Å². The maximum atomic E-state index is 10.6. The van der Waals surface area contributed by atoms with Crippen molar-refractivity contribution in [1.29, 1.82) is 0 Å². The van der Waals surface area contributed by atoms with Crippen molar-refractivity contribution in [2.24, 2.45) is 0 Å². The summed E-state index contributed by atoms with van der Waals surface area (Å²) in [5.41, 5.74) is 1.17. The third-order valence-corrected chi connectivity index (χ3v) is 3.33. The Kier molecular flexibility index (Phi) is 3.15. The van der Waals surface area contributed by atoms with Gasteiger partial charge in [0.15, 0.2) is 0 Å². The van der Waals surface area contributed by atoms with Crippen molar-refractivity contribution < 1.29 is 9.53 Å². The molecule has 0 spiro atoms. The molecule has 0 bridgehead atoms. The Bertz CT molecular complexity index is 423. The van der Waals surface area contributed by atoms with Crippen molar-refractivity contribution in [3.05, 3.63) is 41.5 Å². The quantitative estimate of drug-likeness (QED) is 0.594. The minimum absolute atomic E-state index is 0.0641. The number of hydrogen-bond acceptors (Lipinski definition) is 2. The van der Waals surface area contributed by atoms with E-state index in [1.54, 1.807) is 0 Å². The molecule has 2 atom stereocenters. The zero-order valence-corrected chi connectivity index (χ0v) is 9.83. The summed E-state index contributed by atoms with van der Waals surface area (Å²) in [6.45, 7) is 1.96. The summed E-state index contributed by atoms with van der Waals surface area (Å²) >= 11 is 5.84. The van der Waals surface area contributed by atoms with Crippen LogP contribution < -0.4 is 0 Å². The lowest BCUT2D eigenvalue weighted by atomic mass is 10.1. The topological polar surface area (TPSA) is 26.3 Å². The first-order valence-electron chi connectivity index (χ1n) is 5.25. The van der Waals surface area contributed by atoms with E-state index in [0.717, 1.165) is 5.56 Å². The molecule has 2 rings (SSSR count). The number of hydrogen-bond donors (Lipinski definition) is 0. The first kappa shape index (κ1) is 11.4. The molecular formula is C13H13ClO2. The van der Waals surface area contributed by atoms with Crippen LogP contribution in [0.1, 0.15) is 25.0 Å². The molecule has 2 unspecified atom stereocenters. The fourth-order valence-corrected chi connectivity index (χ4v) is 2.09. The molecule has 0 amide bonds. The Hall–Kier alpha value is -1.08. The van der Waals surface area contributed by atoms with Gasteiger partial charge in [-0.05, 0) is 12.5 Å². The van der Waals surface area contributed by atoms with Gasteiger partial charge in [0.2, 0.25) is 0 Å². The first-order chi connectivity index (χ1) is 7.72. The van der Waals surface area contributed by atoms with Crippen LogP contribution in [-0.4, -0.2) is 17.4 Å². The average molecular weight is 237 g/mol. The summed E-state index contributed by atoms with van der Waals surface area (Å²) in [5.74, 6) is 2.21. The van der Waals surface area contributed by atoms with Crippen LogP contribution in [0.15, 0.2) is 35.9 Å². The molecule has 84 valence electrons. The van der Waals surface area contributed by atoms with Crippen LogP contribution in [0.5, 0.6) is 0 Å². The third-order valence-electron chi connectivity index (χ3n) is 2.90. The van der Waals surface area contributed by atoms with E-state index in [-0.39, 0.29) is 6.10 Å². The minimum Gasteiger partial charge on any atom is -0.361 e. The molecule has 16 heavy (non-hydrogen) atoms. The van der Waals surface area contributed by atoms with E-state index in [1.165, 1.54) is 0 Å². The van der Waals surface area contributed by atoms with Crippen LogP contribution >= 0.6 is 11.6 Å². The second kappa shape index (κ2) is 4.42. The molecule has 3 heteroatoms. The highest BCUT2D eigenvalue weighted by atomic mass is 35.5. The number of rotatable bonds is 4. The molecule has 1 aromatic carbocycles. The number of alkyl halides is 1. The van der Waals surface area contributed by atoms with Gasteiger partial charge < -0.3 is 4.74 Å². The van der Waals surface area contributed by atoms with Gasteiger partial charge in [0.1, 0.15) is 11.5 Å². The zero-order chi connectivity index (χ0) is 11.6. The van der Waals surface area contributed by atoms with Crippen molar-refractivity contribution in [3.8, 4) is 0 Å². The molecule has 1 aliphatic rings. The van der Waals surface area contributed by atoms with E-state index in [0.29, 0.717) is 17.9 Å². The second-order valence-electron chi connectivity index (χ2n) is 4.06. The molecular weight excluding hydrogens is 224 g/mol. The van der Waals surface area contributed by atoms with Gasteiger partial charge in [0, 0.05) is 6.42 Å². The summed E-state index contributed by atoms with van der Waals surface area (Å²) < 4.78 is 5.86. The Morgan fingerprint density at radius 1 is 1.50 bits per heavy atom. The lowest BCUT2D eigenvalue weighted by molar-refractivity contribution is 0.000218. The lowest BCUT2D eigenvalue weighted by Gasteiger charge is -2.19. The predicted octanol–water partition coefficient (Wildman–Crippen LogP) is 2.90. The molecule has 0 saturated heterocycles. The van der Waals surface area contributed by atoms with E-state index >= 15 is 0 Å². The zero-order valence-electron chi connectivity index (χ0n) is 9.07. The molecule has 1 aromatic rings. The SMILES string of the molecule is CC(OC1(CCl)CC1=C=O)c1ccccc1. The molecule has 2 nitrogen and oxygen atoms in total. The maximum absolute atomic E-state index is 10.6. The van der Waals surface area contributed by atoms with Gasteiger partial charge >= 0.3 is 0 Å². The summed E-state index contributed by atoms with van der Waals surface area (Å²) in [6.07, 6.45) is 0.544. The highest BCUT2D eigenvalue weighted by Crippen LogP contribution is 2.48. The predicted molar refractivity (Wildman–Crippen MR) is 63.2 cm³/mol. The van der Waals surface area contributed by atoms with Crippen molar-refractivity contribution in [3.63, 3.8) is 0 Å². The highest BCUT2D eigenvalue weighted by molar-refractivity contribution is 6.19. The maximum Gasteiger partial charge on any atom is 0.126 e. The fourth-order valence-electron chi connectivity index (χ4n) is 1.77. The van der Waals surface area contributed by atoms with E-state index in [1.807, 2.05) is 43.2 Å². The summed E-state index contributed by atoms with van der Waals surface area (Å²) in [4.78, 5) is 10.6. The molecule has 0 aromatic heterocycles. The van der Waals surface area contributed by atoms with Gasteiger partial charge in [-0.25, -0.2) is 4.79 Å². The van der Waals surface area contributed by atoms with Crippen molar-refractivity contribution in [2.45, 2.75) is 25.0 Å². The second-order valence-corrected chi connectivity index (χ2v) is 4.32. The Morgan fingerprint density at radius 3 is 2.69 bits per heavy atom. The number of benzene rings is 1. The Morgan fingerprint density at radius 2 is 2.19 bits per heavy atom. The largest absolute Gasteiger partial charge is 0.361 e. The van der Waals surface area contributed by atoms with Gasteiger partial charge in [0.25, 0.3) is 0 Å². The molecule has 0 N–H and O–H groups in total. The molecule has 0 heterocycles. The summed E-state index contributed by atoms with van der Waals surface area (Å²) in [6, 6.07) is 9.89. The van der Waals surface area contributed by atoms with E-state index in [9.17, 15) is 4.79 Å². The van der Waals surface area contributed by atoms with Gasteiger partial charge in [-0.15, -0.1) is 11.6 Å². The minimum atomic E-state index is -0.557. The monoisotopic (exact) mass is 236 g/mol. The van der Waals surface area contributed by atoms with Crippen LogP contribution in [0.3, 0.4) is 0 Å². The molecule has 1 fully saturated rings. The molecule has 0 radical (unpaired) electrons. The molecule has 1 aliphatic carbocycles. The number of carbonyl (C=O) groups excluding carboxylic acids is 1. The van der Waals surface area contributed by atoms with Crippen LogP contribution in [0, 0.1) is 0 Å². The van der Waals surface area contributed by atoms with E-state index in [2.05, 4.69) is 0 Å². The number of halogens is 1. The first-order valence-corrected chi connectivity index (χ1v) is 5.78. The molecule has 1 saturated carbocycles. The Labute approximate surface area is 99.9 Å². The smallest absolute Gasteiger partial charge is 0.126 e. The van der Waals surface area contributed by atoms with Crippen molar-refractivity contribution in [2.75, 3.05) is 5.88 Å². The standard InChI is InChI=1S/C13H13ClO2/c1-10(11-5-3-2-4-6-11)16-13(9-14)7-12(13)8-15/h2-6,10H,7,9H2,1H3. The van der Waals surface area contributed by atoms with Crippen LogP contribution in [0.25, 0.3) is 0 Å². The average Bonchev–Trinajstić information content (AvgIpc) is 3.04. The summed E-state index contributed by atoms with van der Waals surface area (Å²) in [5, 5.41) is 0.